The second kappa shape index (κ2) is 7.50. The van der Waals surface area contributed by atoms with Crippen LogP contribution in [0.2, 0.25) is 5.15 Å². The van der Waals surface area contributed by atoms with Crippen molar-refractivity contribution in [3.8, 4) is 11.4 Å². The molecule has 1 aliphatic heterocycles. The van der Waals surface area contributed by atoms with Crippen molar-refractivity contribution in [2.75, 3.05) is 6.54 Å². The van der Waals surface area contributed by atoms with Gasteiger partial charge in [0.05, 0.1) is 11.2 Å². The van der Waals surface area contributed by atoms with Crippen LogP contribution in [0.4, 0.5) is 0 Å². The fraction of sp³-hybridized carbons (Fsp3) is 0.217. The summed E-state index contributed by atoms with van der Waals surface area (Å²) in [5.41, 5.74) is 6.45. The largest absolute Gasteiger partial charge is 0.294 e. The summed E-state index contributed by atoms with van der Waals surface area (Å²) in [5.74, 6) is 0.738. The van der Waals surface area contributed by atoms with Gasteiger partial charge < -0.3 is 0 Å². The quantitative estimate of drug-likeness (QED) is 0.469. The molecule has 3 aromatic heterocycles. The number of aromatic nitrogens is 4. The van der Waals surface area contributed by atoms with Crippen molar-refractivity contribution < 1.29 is 0 Å². The van der Waals surface area contributed by atoms with E-state index in [4.69, 9.17) is 16.6 Å². The van der Waals surface area contributed by atoms with Crippen molar-refractivity contribution in [1.29, 1.82) is 0 Å². The second-order valence-electron chi connectivity index (χ2n) is 7.50. The molecule has 0 atom stereocenters. The zero-order valence-corrected chi connectivity index (χ0v) is 16.9. The molecule has 0 amide bonds. The third-order valence-corrected chi connectivity index (χ3v) is 5.65. The van der Waals surface area contributed by atoms with Crippen LogP contribution in [0, 0.1) is 6.92 Å². The number of fused-ring (bicyclic) bond motifs is 2. The first-order chi connectivity index (χ1) is 14.2. The standard InChI is InChI=1S/C23H20ClN5/c1-15-4-5-20-17(9-15)10-18(22(24)27-20)13-29-8-6-21-19(14-29)12-26-23(28-21)16-3-2-7-25-11-16/h2-5,7,9-12H,6,8,13-14H2,1H3. The van der Waals surface area contributed by atoms with Crippen molar-refractivity contribution in [2.24, 2.45) is 0 Å². The highest BCUT2D eigenvalue weighted by Crippen LogP contribution is 2.26. The Bertz CT molecular complexity index is 1190. The van der Waals surface area contributed by atoms with Gasteiger partial charge in [-0.15, -0.1) is 0 Å². The molecule has 6 heteroatoms. The average Bonchev–Trinajstić information content (AvgIpc) is 2.75. The molecular weight excluding hydrogens is 382 g/mol. The first-order valence-electron chi connectivity index (χ1n) is 9.69. The van der Waals surface area contributed by atoms with Crippen molar-refractivity contribution in [1.82, 2.24) is 24.8 Å². The number of rotatable bonds is 3. The summed E-state index contributed by atoms with van der Waals surface area (Å²) in [6.45, 7) is 4.60. The van der Waals surface area contributed by atoms with E-state index in [-0.39, 0.29) is 0 Å². The first-order valence-corrected chi connectivity index (χ1v) is 10.1. The number of hydrogen-bond donors (Lipinski definition) is 0. The predicted octanol–water partition coefficient (Wildman–Crippen LogP) is 4.61. The normalized spacial score (nSPS) is 14.1. The molecule has 0 radical (unpaired) electrons. The maximum absolute atomic E-state index is 6.48. The Balaban J connectivity index is 1.37. The summed E-state index contributed by atoms with van der Waals surface area (Å²) in [6, 6.07) is 12.3. The minimum Gasteiger partial charge on any atom is -0.294 e. The lowest BCUT2D eigenvalue weighted by atomic mass is 10.1. The molecule has 0 bridgehead atoms. The van der Waals surface area contributed by atoms with Crippen LogP contribution in [0.15, 0.2) is 55.0 Å². The first kappa shape index (κ1) is 18.2. The van der Waals surface area contributed by atoms with E-state index in [1.165, 1.54) is 11.1 Å². The van der Waals surface area contributed by atoms with Crippen molar-refractivity contribution >= 4 is 22.5 Å². The fourth-order valence-corrected chi connectivity index (χ4v) is 4.02. The maximum Gasteiger partial charge on any atom is 0.160 e. The zero-order valence-electron chi connectivity index (χ0n) is 16.1. The number of aryl methyl sites for hydroxylation is 1. The molecule has 0 N–H and O–H groups in total. The summed E-state index contributed by atoms with van der Waals surface area (Å²) >= 11 is 6.48. The molecule has 5 nitrogen and oxygen atoms in total. The molecule has 5 rings (SSSR count). The van der Waals surface area contributed by atoms with Crippen LogP contribution in [0.5, 0.6) is 0 Å². The van der Waals surface area contributed by atoms with Crippen LogP contribution < -0.4 is 0 Å². The van der Waals surface area contributed by atoms with E-state index in [9.17, 15) is 0 Å². The Labute approximate surface area is 174 Å². The van der Waals surface area contributed by atoms with E-state index in [0.717, 1.165) is 59.6 Å². The van der Waals surface area contributed by atoms with Crippen LogP contribution in [0.25, 0.3) is 22.3 Å². The van der Waals surface area contributed by atoms with Gasteiger partial charge in [0.2, 0.25) is 0 Å². The van der Waals surface area contributed by atoms with Crippen LogP contribution in [-0.4, -0.2) is 31.4 Å². The zero-order chi connectivity index (χ0) is 19.8. The monoisotopic (exact) mass is 401 g/mol. The Morgan fingerprint density at radius 1 is 1.10 bits per heavy atom. The molecule has 0 spiro atoms. The number of benzene rings is 1. The molecular formula is C23H20ClN5. The van der Waals surface area contributed by atoms with Gasteiger partial charge in [-0.3, -0.25) is 9.88 Å². The third kappa shape index (κ3) is 3.71. The Morgan fingerprint density at radius 3 is 2.90 bits per heavy atom. The molecule has 4 aromatic rings. The van der Waals surface area contributed by atoms with E-state index in [2.05, 4.69) is 45.0 Å². The highest BCUT2D eigenvalue weighted by molar-refractivity contribution is 6.30. The molecule has 0 saturated heterocycles. The van der Waals surface area contributed by atoms with Crippen molar-refractivity contribution in [3.63, 3.8) is 0 Å². The molecule has 0 fully saturated rings. The van der Waals surface area contributed by atoms with Crippen LogP contribution in [0.3, 0.4) is 0 Å². The minimum atomic E-state index is 0.579. The minimum absolute atomic E-state index is 0.579. The summed E-state index contributed by atoms with van der Waals surface area (Å²) in [5, 5.41) is 1.71. The van der Waals surface area contributed by atoms with Gasteiger partial charge in [-0.1, -0.05) is 23.2 Å². The van der Waals surface area contributed by atoms with Crippen LogP contribution >= 0.6 is 11.6 Å². The van der Waals surface area contributed by atoms with Crippen molar-refractivity contribution in [3.05, 3.63) is 82.5 Å². The Morgan fingerprint density at radius 2 is 2.03 bits per heavy atom. The van der Waals surface area contributed by atoms with Gasteiger partial charge in [-0.25, -0.2) is 15.0 Å². The Hall–Kier alpha value is -2.89. The SMILES string of the molecule is Cc1ccc2nc(Cl)c(CN3CCc4nc(-c5cccnc5)ncc4C3)cc2c1. The summed E-state index contributed by atoms with van der Waals surface area (Å²) < 4.78 is 0. The highest BCUT2D eigenvalue weighted by atomic mass is 35.5. The van der Waals surface area contributed by atoms with Gasteiger partial charge in [0.25, 0.3) is 0 Å². The third-order valence-electron chi connectivity index (χ3n) is 5.32. The predicted molar refractivity (Wildman–Crippen MR) is 115 cm³/mol. The van der Waals surface area contributed by atoms with Crippen molar-refractivity contribution in [2.45, 2.75) is 26.4 Å². The van der Waals surface area contributed by atoms with Gasteiger partial charge in [0, 0.05) is 66.7 Å². The van der Waals surface area contributed by atoms with E-state index in [1.54, 1.807) is 12.4 Å². The molecule has 29 heavy (non-hydrogen) atoms. The number of hydrogen-bond acceptors (Lipinski definition) is 5. The van der Waals surface area contributed by atoms with Crippen LogP contribution in [-0.2, 0) is 19.5 Å². The molecule has 0 unspecified atom stereocenters. The van der Waals surface area contributed by atoms with E-state index >= 15 is 0 Å². The lowest BCUT2D eigenvalue weighted by molar-refractivity contribution is 0.243. The molecule has 0 aliphatic carbocycles. The summed E-state index contributed by atoms with van der Waals surface area (Å²) in [6.07, 6.45) is 6.39. The number of halogens is 1. The van der Waals surface area contributed by atoms with E-state index in [0.29, 0.717) is 5.15 Å². The van der Waals surface area contributed by atoms with Gasteiger partial charge in [-0.05, 0) is 37.3 Å². The highest BCUT2D eigenvalue weighted by Gasteiger charge is 2.20. The lowest BCUT2D eigenvalue weighted by Crippen LogP contribution is -2.31. The van der Waals surface area contributed by atoms with Gasteiger partial charge in [-0.2, -0.15) is 0 Å². The molecule has 144 valence electrons. The van der Waals surface area contributed by atoms with Gasteiger partial charge in [0.1, 0.15) is 5.15 Å². The number of pyridine rings is 2. The van der Waals surface area contributed by atoms with Crippen LogP contribution in [0.1, 0.15) is 22.4 Å². The lowest BCUT2D eigenvalue weighted by Gasteiger charge is -2.28. The maximum atomic E-state index is 6.48. The second-order valence-corrected chi connectivity index (χ2v) is 7.86. The summed E-state index contributed by atoms with van der Waals surface area (Å²) in [4.78, 5) is 20.4. The molecule has 4 heterocycles. The Kier molecular flexibility index (Phi) is 4.70. The molecule has 1 aromatic carbocycles. The topological polar surface area (TPSA) is 54.8 Å². The van der Waals surface area contributed by atoms with E-state index < -0.39 is 0 Å². The molecule has 0 saturated carbocycles. The molecule has 1 aliphatic rings. The average molecular weight is 402 g/mol. The number of nitrogens with zero attached hydrogens (tertiary/aromatic N) is 5. The smallest absolute Gasteiger partial charge is 0.160 e. The summed E-state index contributed by atoms with van der Waals surface area (Å²) in [7, 11) is 0. The van der Waals surface area contributed by atoms with Gasteiger partial charge >= 0.3 is 0 Å². The fourth-order valence-electron chi connectivity index (χ4n) is 3.81. The van der Waals surface area contributed by atoms with E-state index in [1.807, 2.05) is 24.4 Å². The van der Waals surface area contributed by atoms with Gasteiger partial charge in [0.15, 0.2) is 5.82 Å².